The molecule has 2 radical (unpaired) electrons. The summed E-state index contributed by atoms with van der Waals surface area (Å²) in [6.07, 6.45) is 0. The Labute approximate surface area is 80.9 Å². The van der Waals surface area contributed by atoms with Gasteiger partial charge in [0.15, 0.2) is 0 Å². The van der Waals surface area contributed by atoms with Crippen molar-refractivity contribution in [2.75, 3.05) is 0 Å². The van der Waals surface area contributed by atoms with Gasteiger partial charge < -0.3 is 27.0 Å². The van der Waals surface area contributed by atoms with Crippen LogP contribution in [0.25, 0.3) is 0 Å². The maximum atomic E-state index is 0. The van der Waals surface area contributed by atoms with E-state index >= 15 is 0 Å². The normalized spacial score (nSPS) is 0. The van der Waals surface area contributed by atoms with Crippen LogP contribution in [0.4, 0.5) is 0 Å². The van der Waals surface area contributed by atoms with Crippen molar-refractivity contribution in [1.82, 2.24) is 0 Å². The Morgan fingerprint density at radius 1 is 0.750 bits per heavy atom. The first-order chi connectivity index (χ1) is 0. The van der Waals surface area contributed by atoms with E-state index in [0.717, 1.165) is 0 Å². The molecule has 0 fully saturated rings. The average Bonchev–Trinajstić information content (AvgIpc) is 0. The fraction of sp³-hybridized carbons (Fsp3) is 0. The first-order valence-electron chi connectivity index (χ1n) is 0. The summed E-state index contributed by atoms with van der Waals surface area (Å²) < 4.78 is 0. The number of rotatable bonds is 0. The predicted molar refractivity (Wildman–Crippen MR) is 14.7 cm³/mol. The van der Waals surface area contributed by atoms with E-state index < -0.39 is 0 Å². The third kappa shape index (κ3) is 8.82. The Hall–Kier alpha value is 2.49. The first-order valence-corrected chi connectivity index (χ1v) is 0. The summed E-state index contributed by atoms with van der Waals surface area (Å²) in [6, 6.07) is 0. The maximum absolute atomic E-state index is 0. The fourth-order valence-corrected chi connectivity index (χ4v) is 0. The molecule has 0 heterocycles. The quantitative estimate of drug-likeness (QED) is 0.551. The zero-order valence-electron chi connectivity index (χ0n) is 1.43. The molecule has 0 saturated heterocycles. The van der Waals surface area contributed by atoms with Gasteiger partial charge in [-0.05, 0) is 0 Å². The molecule has 0 aliphatic heterocycles. The molecule has 0 spiro atoms. The second-order valence-electron chi connectivity index (χ2n) is 0. The van der Waals surface area contributed by atoms with Gasteiger partial charge in [-0.3, -0.25) is 0 Å². The van der Waals surface area contributed by atoms with Crippen LogP contribution in [0.1, 0.15) is 0 Å². The van der Waals surface area contributed by atoms with Crippen molar-refractivity contribution in [2.45, 2.75) is 0 Å². The van der Waals surface area contributed by atoms with Gasteiger partial charge in [0.25, 0.3) is 0 Å². The molecule has 4 heavy (non-hydrogen) atoms. The summed E-state index contributed by atoms with van der Waals surface area (Å²) in [5.74, 6) is 0. The Balaban J connectivity index is 0. The van der Waals surface area contributed by atoms with Gasteiger partial charge in [0.1, 0.15) is 0 Å². The predicted octanol–water partition coefficient (Wildman–Crippen LogP) is -0.00730. The molecule has 32 valence electrons. The van der Waals surface area contributed by atoms with Crippen LogP contribution in [0.15, 0.2) is 0 Å². The second kappa shape index (κ2) is 17.8. The molecule has 0 N–H and O–H groups in total. The van der Waals surface area contributed by atoms with E-state index in [1.807, 2.05) is 0 Å². The minimum absolute atomic E-state index is 0. The molecule has 0 aromatic rings. The standard InChI is InChI=1S/Cu.Dy.2S/q+2;+3;2*-2. The molecule has 4 heteroatoms. The minimum atomic E-state index is 0. The van der Waals surface area contributed by atoms with Crippen molar-refractivity contribution in [1.29, 1.82) is 0 Å². The largest absolute Gasteiger partial charge is 3.00 e. The zero-order chi connectivity index (χ0) is 0. The average molecular weight is 290 g/mol. The van der Waals surface area contributed by atoms with Gasteiger partial charge in [-0.25, -0.2) is 0 Å². The molecule has 0 saturated carbocycles. The molecule has 0 aliphatic rings. The van der Waals surface area contributed by atoms with Gasteiger partial charge in [-0.15, -0.1) is 0 Å². The third-order valence-electron chi connectivity index (χ3n) is 0. The van der Waals surface area contributed by atoms with Crippen LogP contribution < -0.4 is 0 Å². The number of hydrogen-bond acceptors (Lipinski definition) is 0. The second-order valence-corrected chi connectivity index (χ2v) is 0. The summed E-state index contributed by atoms with van der Waals surface area (Å²) in [5.41, 5.74) is 0. The van der Waals surface area contributed by atoms with E-state index in [-0.39, 0.29) is 82.2 Å². The van der Waals surface area contributed by atoms with Gasteiger partial charge in [-0.2, -0.15) is 0 Å². The molecular weight excluding hydrogens is 290 g/mol. The molecule has 0 aliphatic carbocycles. The molecular formula is CuDyS2+. The maximum Gasteiger partial charge on any atom is 3.00 e. The Kier molecular flexibility index (Phi) is 141. The molecule has 0 nitrogen and oxygen atoms in total. The monoisotopic (exact) mass is 291 g/mol. The summed E-state index contributed by atoms with van der Waals surface area (Å²) in [4.78, 5) is 0. The molecule has 0 aromatic heterocycles. The van der Waals surface area contributed by atoms with Crippen LogP contribution in [0.2, 0.25) is 0 Å². The van der Waals surface area contributed by atoms with E-state index in [2.05, 4.69) is 0 Å². The zero-order valence-corrected chi connectivity index (χ0v) is 6.04. The fourth-order valence-electron chi connectivity index (χ4n) is 0. The molecule has 0 atom stereocenters. The topological polar surface area (TPSA) is 0 Å². The first kappa shape index (κ1) is 31.5. The van der Waals surface area contributed by atoms with Crippen molar-refractivity contribution < 1.29 is 55.2 Å². The van der Waals surface area contributed by atoms with Crippen LogP contribution in [-0.4, -0.2) is 0 Å². The number of hydrogen-bond donors (Lipinski definition) is 0. The van der Waals surface area contributed by atoms with Crippen molar-refractivity contribution in [3.8, 4) is 0 Å². The van der Waals surface area contributed by atoms with E-state index in [0.29, 0.717) is 0 Å². The van der Waals surface area contributed by atoms with Crippen LogP contribution in [-0.2, 0) is 44.1 Å². The van der Waals surface area contributed by atoms with Gasteiger partial charge >= 0.3 is 55.2 Å². The van der Waals surface area contributed by atoms with Crippen LogP contribution >= 0.6 is 0 Å². The van der Waals surface area contributed by atoms with Crippen LogP contribution in [0.5, 0.6) is 0 Å². The summed E-state index contributed by atoms with van der Waals surface area (Å²) in [7, 11) is 0. The van der Waals surface area contributed by atoms with Crippen LogP contribution in [0, 0.1) is 38.2 Å². The van der Waals surface area contributed by atoms with Gasteiger partial charge in [-0.1, -0.05) is 0 Å². The van der Waals surface area contributed by atoms with E-state index in [1.54, 1.807) is 0 Å². The molecule has 0 amide bonds. The smallest absolute Gasteiger partial charge is 2.00 e. The van der Waals surface area contributed by atoms with Crippen molar-refractivity contribution >= 4 is 27.0 Å². The van der Waals surface area contributed by atoms with E-state index in [4.69, 9.17) is 0 Å². The van der Waals surface area contributed by atoms with Crippen molar-refractivity contribution in [2.24, 2.45) is 0 Å². The van der Waals surface area contributed by atoms with E-state index in [1.165, 1.54) is 0 Å². The Morgan fingerprint density at radius 3 is 0.750 bits per heavy atom. The van der Waals surface area contributed by atoms with E-state index in [9.17, 15) is 0 Å². The van der Waals surface area contributed by atoms with Crippen molar-refractivity contribution in [3.05, 3.63) is 0 Å². The third-order valence-corrected chi connectivity index (χ3v) is 0. The molecule has 0 rings (SSSR count). The van der Waals surface area contributed by atoms with Gasteiger partial charge in [0.2, 0.25) is 0 Å². The SMILES string of the molecule is [Cu+2].[Dy+3].[S-2].[S-2]. The summed E-state index contributed by atoms with van der Waals surface area (Å²) in [6.45, 7) is 0. The molecule has 0 unspecified atom stereocenters. The Morgan fingerprint density at radius 2 is 0.750 bits per heavy atom. The minimum Gasteiger partial charge on any atom is -2.00 e. The van der Waals surface area contributed by atoms with Crippen molar-refractivity contribution in [3.63, 3.8) is 0 Å². The Bertz CT molecular complexity index is 6.00. The summed E-state index contributed by atoms with van der Waals surface area (Å²) >= 11 is 0. The molecule has 0 bridgehead atoms. The van der Waals surface area contributed by atoms with Gasteiger partial charge in [0.05, 0.1) is 0 Å². The van der Waals surface area contributed by atoms with Crippen LogP contribution in [0.3, 0.4) is 0 Å². The van der Waals surface area contributed by atoms with Gasteiger partial charge in [0, 0.05) is 0 Å². The molecule has 0 aromatic carbocycles. The summed E-state index contributed by atoms with van der Waals surface area (Å²) in [5, 5.41) is 0.